The predicted molar refractivity (Wildman–Crippen MR) is 89.8 cm³/mol. The molecule has 23 heavy (non-hydrogen) atoms. The van der Waals surface area contributed by atoms with E-state index >= 15 is 0 Å². The van der Waals surface area contributed by atoms with Crippen molar-refractivity contribution in [2.75, 3.05) is 33.3 Å². The number of nitrogens with zero attached hydrogens (tertiary/aromatic N) is 1. The summed E-state index contributed by atoms with van der Waals surface area (Å²) < 4.78 is 33.2. The van der Waals surface area contributed by atoms with Crippen molar-refractivity contribution in [3.63, 3.8) is 0 Å². The third-order valence-electron chi connectivity index (χ3n) is 3.69. The number of carbonyl (C=O) groups is 1. The van der Waals surface area contributed by atoms with Gasteiger partial charge in [-0.2, -0.15) is 0 Å². The fourth-order valence-corrected chi connectivity index (χ4v) is 3.46. The van der Waals surface area contributed by atoms with E-state index in [1.807, 2.05) is 12.1 Å². The van der Waals surface area contributed by atoms with Crippen LogP contribution < -0.4 is 9.47 Å². The molecule has 0 spiro atoms. The van der Waals surface area contributed by atoms with Crippen LogP contribution in [0.25, 0.3) is 0 Å². The SMILES string of the molecule is COc1cccc(CCC(=O)N(C)C(C)CS(C)(=O)=O)c1OC. The van der Waals surface area contributed by atoms with Gasteiger partial charge in [-0.25, -0.2) is 8.42 Å². The van der Waals surface area contributed by atoms with E-state index in [2.05, 4.69) is 0 Å². The number of hydrogen-bond donors (Lipinski definition) is 0. The Morgan fingerprint density at radius 3 is 2.43 bits per heavy atom. The van der Waals surface area contributed by atoms with Crippen LogP contribution in [-0.2, 0) is 21.1 Å². The highest BCUT2D eigenvalue weighted by atomic mass is 32.2. The molecule has 1 atom stereocenters. The molecule has 0 saturated heterocycles. The molecule has 0 fully saturated rings. The Kier molecular flexibility index (Phi) is 6.87. The maximum absolute atomic E-state index is 12.3. The number of aryl methyl sites for hydroxylation is 1. The van der Waals surface area contributed by atoms with E-state index in [4.69, 9.17) is 9.47 Å². The number of rotatable bonds is 8. The second kappa shape index (κ2) is 8.19. The van der Waals surface area contributed by atoms with E-state index in [-0.39, 0.29) is 24.1 Å². The molecule has 0 aliphatic heterocycles. The molecule has 0 aromatic heterocycles. The van der Waals surface area contributed by atoms with Crippen LogP contribution in [0.3, 0.4) is 0 Å². The first kappa shape index (κ1) is 19.3. The molecule has 1 unspecified atom stereocenters. The highest BCUT2D eigenvalue weighted by molar-refractivity contribution is 7.90. The lowest BCUT2D eigenvalue weighted by Gasteiger charge is -2.24. The van der Waals surface area contributed by atoms with Gasteiger partial charge in [-0.15, -0.1) is 0 Å². The van der Waals surface area contributed by atoms with Crippen molar-refractivity contribution in [3.05, 3.63) is 23.8 Å². The minimum absolute atomic E-state index is 0.0439. The first-order valence-corrected chi connectivity index (χ1v) is 9.39. The van der Waals surface area contributed by atoms with Gasteiger partial charge in [-0.05, 0) is 25.0 Å². The van der Waals surface area contributed by atoms with Gasteiger partial charge in [-0.3, -0.25) is 4.79 Å². The monoisotopic (exact) mass is 343 g/mol. The summed E-state index contributed by atoms with van der Waals surface area (Å²) in [5.41, 5.74) is 0.879. The Labute approximate surface area is 138 Å². The molecule has 0 N–H and O–H groups in total. The van der Waals surface area contributed by atoms with E-state index in [1.54, 1.807) is 34.3 Å². The van der Waals surface area contributed by atoms with Crippen molar-refractivity contribution >= 4 is 15.7 Å². The summed E-state index contributed by atoms with van der Waals surface area (Å²) in [6, 6.07) is 5.17. The van der Waals surface area contributed by atoms with Crippen LogP contribution in [0, 0.1) is 0 Å². The summed E-state index contributed by atoms with van der Waals surface area (Å²) in [5.74, 6) is 1.09. The van der Waals surface area contributed by atoms with Gasteiger partial charge in [0.2, 0.25) is 5.91 Å². The van der Waals surface area contributed by atoms with Crippen molar-refractivity contribution in [2.45, 2.75) is 25.8 Å². The zero-order chi connectivity index (χ0) is 17.6. The maximum atomic E-state index is 12.3. The Morgan fingerprint density at radius 2 is 1.91 bits per heavy atom. The van der Waals surface area contributed by atoms with E-state index in [0.717, 1.165) is 5.56 Å². The van der Waals surface area contributed by atoms with Gasteiger partial charge in [0.1, 0.15) is 9.84 Å². The summed E-state index contributed by atoms with van der Waals surface area (Å²) in [6.45, 7) is 1.73. The number of ether oxygens (including phenoxy) is 2. The van der Waals surface area contributed by atoms with Crippen LogP contribution in [0.1, 0.15) is 18.9 Å². The van der Waals surface area contributed by atoms with E-state index < -0.39 is 9.84 Å². The third kappa shape index (κ3) is 5.74. The molecule has 0 aliphatic carbocycles. The minimum Gasteiger partial charge on any atom is -0.493 e. The molecule has 1 aromatic carbocycles. The fourth-order valence-electron chi connectivity index (χ4n) is 2.36. The van der Waals surface area contributed by atoms with Crippen LogP contribution >= 0.6 is 0 Å². The average molecular weight is 343 g/mol. The Balaban J connectivity index is 2.73. The smallest absolute Gasteiger partial charge is 0.222 e. The lowest BCUT2D eigenvalue weighted by Crippen LogP contribution is -2.39. The van der Waals surface area contributed by atoms with Crippen LogP contribution in [0.2, 0.25) is 0 Å². The Morgan fingerprint density at radius 1 is 1.26 bits per heavy atom. The standard InChI is InChI=1S/C16H25NO5S/c1-12(11-23(5,19)20)17(2)15(18)10-9-13-7-6-8-14(21-3)16(13)22-4/h6-8,12H,9-11H2,1-5H3. The Hall–Kier alpha value is -1.76. The number of hydrogen-bond acceptors (Lipinski definition) is 5. The zero-order valence-electron chi connectivity index (χ0n) is 14.3. The van der Waals surface area contributed by atoms with Gasteiger partial charge < -0.3 is 14.4 Å². The number of benzene rings is 1. The van der Waals surface area contributed by atoms with Crippen molar-refractivity contribution in [1.29, 1.82) is 0 Å². The largest absolute Gasteiger partial charge is 0.493 e. The van der Waals surface area contributed by atoms with Gasteiger partial charge in [-0.1, -0.05) is 12.1 Å². The first-order chi connectivity index (χ1) is 10.7. The quantitative estimate of drug-likeness (QED) is 0.716. The lowest BCUT2D eigenvalue weighted by molar-refractivity contribution is -0.131. The van der Waals surface area contributed by atoms with Gasteiger partial charge >= 0.3 is 0 Å². The molecular weight excluding hydrogens is 318 g/mol. The zero-order valence-corrected chi connectivity index (χ0v) is 15.1. The second-order valence-corrected chi connectivity index (χ2v) is 7.78. The summed E-state index contributed by atoms with van der Waals surface area (Å²) in [4.78, 5) is 13.7. The van der Waals surface area contributed by atoms with Crippen molar-refractivity contribution in [1.82, 2.24) is 4.90 Å². The number of carbonyl (C=O) groups excluding carboxylic acids is 1. The molecular formula is C16H25NO5S. The summed E-state index contributed by atoms with van der Waals surface area (Å²) >= 11 is 0. The number of para-hydroxylation sites is 1. The predicted octanol–water partition coefficient (Wildman–Crippen LogP) is 1.53. The summed E-state index contributed by atoms with van der Waals surface area (Å²) in [7, 11) is 1.63. The topological polar surface area (TPSA) is 72.9 Å². The molecule has 0 radical (unpaired) electrons. The van der Waals surface area contributed by atoms with Crippen molar-refractivity contribution < 1.29 is 22.7 Å². The number of sulfone groups is 1. The first-order valence-electron chi connectivity index (χ1n) is 7.32. The van der Waals surface area contributed by atoms with Gasteiger partial charge in [0.05, 0.1) is 20.0 Å². The van der Waals surface area contributed by atoms with Crippen LogP contribution in [0.15, 0.2) is 18.2 Å². The molecule has 0 aliphatic rings. The molecule has 130 valence electrons. The fraction of sp³-hybridized carbons (Fsp3) is 0.562. The lowest BCUT2D eigenvalue weighted by atomic mass is 10.1. The highest BCUT2D eigenvalue weighted by Crippen LogP contribution is 2.31. The molecule has 1 amide bonds. The van der Waals surface area contributed by atoms with Crippen LogP contribution in [0.5, 0.6) is 11.5 Å². The maximum Gasteiger partial charge on any atom is 0.222 e. The van der Waals surface area contributed by atoms with Crippen molar-refractivity contribution in [2.24, 2.45) is 0 Å². The van der Waals surface area contributed by atoms with E-state index in [9.17, 15) is 13.2 Å². The summed E-state index contributed by atoms with van der Waals surface area (Å²) in [5, 5.41) is 0. The van der Waals surface area contributed by atoms with Crippen LogP contribution in [-0.4, -0.2) is 58.5 Å². The molecule has 0 saturated carbocycles. The molecule has 0 heterocycles. The van der Waals surface area contributed by atoms with Gasteiger partial charge in [0.25, 0.3) is 0 Å². The second-order valence-electron chi connectivity index (χ2n) is 5.60. The van der Waals surface area contributed by atoms with E-state index in [1.165, 1.54) is 11.2 Å². The highest BCUT2D eigenvalue weighted by Gasteiger charge is 2.20. The number of amides is 1. The van der Waals surface area contributed by atoms with Gasteiger partial charge in [0.15, 0.2) is 11.5 Å². The molecule has 1 aromatic rings. The molecule has 7 heteroatoms. The third-order valence-corrected chi connectivity index (χ3v) is 4.78. The minimum atomic E-state index is -3.12. The Bertz CT molecular complexity index is 642. The number of methoxy groups -OCH3 is 2. The molecule has 1 rings (SSSR count). The van der Waals surface area contributed by atoms with E-state index in [0.29, 0.717) is 17.9 Å². The molecule has 0 bridgehead atoms. The normalized spacial score (nSPS) is 12.6. The van der Waals surface area contributed by atoms with Crippen LogP contribution in [0.4, 0.5) is 0 Å². The summed E-state index contributed by atoms with van der Waals surface area (Å²) in [6.07, 6.45) is 1.94. The van der Waals surface area contributed by atoms with Crippen molar-refractivity contribution in [3.8, 4) is 11.5 Å². The van der Waals surface area contributed by atoms with Gasteiger partial charge in [0, 0.05) is 25.8 Å². The molecule has 6 nitrogen and oxygen atoms in total. The average Bonchev–Trinajstić information content (AvgIpc) is 2.49.